The number of likely N-dealkylation sites (tertiary alicyclic amines) is 1. The summed E-state index contributed by atoms with van der Waals surface area (Å²) in [6.07, 6.45) is 50.7. The molecule has 0 unspecified atom stereocenters. The van der Waals surface area contributed by atoms with Crippen LogP contribution in [0.1, 0.15) is 320 Å². The van der Waals surface area contributed by atoms with E-state index in [-0.39, 0.29) is 23.1 Å². The van der Waals surface area contributed by atoms with Gasteiger partial charge in [-0.2, -0.15) is 0 Å². The maximum Gasteiger partial charge on any atom is 0.222 e. The van der Waals surface area contributed by atoms with Crippen molar-refractivity contribution in [3.05, 3.63) is 75.9 Å². The van der Waals surface area contributed by atoms with Crippen LogP contribution in [0, 0.1) is 0 Å². The molecule has 1 rings (SSSR count). The highest BCUT2D eigenvalue weighted by molar-refractivity contribution is 5.78. The van der Waals surface area contributed by atoms with Crippen molar-refractivity contribution in [2.75, 3.05) is 13.1 Å². The molecule has 478 valence electrons. The number of hydrogen-bond acceptors (Lipinski definition) is 9. The van der Waals surface area contributed by atoms with E-state index in [1.54, 1.807) is 61.5 Å². The molecule has 0 radical (unpaired) electrons. The summed E-state index contributed by atoms with van der Waals surface area (Å²) >= 11 is 0. The minimum absolute atomic E-state index is 0.236. The van der Waals surface area contributed by atoms with Gasteiger partial charge in [0.1, 0.15) is 46.3 Å². The number of rotatable bonds is 41. The van der Waals surface area contributed by atoms with E-state index in [2.05, 4.69) is 39.5 Å². The summed E-state index contributed by atoms with van der Waals surface area (Å²) in [5.41, 5.74) is 0. The Labute approximate surface area is 507 Å². The first-order valence-corrected chi connectivity index (χ1v) is 31.9. The van der Waals surface area contributed by atoms with Gasteiger partial charge in [0, 0.05) is 70.9 Å². The second-order valence-electron chi connectivity index (χ2n) is 21.3. The molecule has 1 aliphatic rings. The maximum atomic E-state index is 11.7. The molecule has 0 aromatic carbocycles. The topological polar surface area (TPSA) is 157 Å². The van der Waals surface area contributed by atoms with Crippen LogP contribution in [0.5, 0.6) is 0 Å². The van der Waals surface area contributed by atoms with E-state index in [0.29, 0.717) is 35.5 Å². The van der Waals surface area contributed by atoms with E-state index < -0.39 is 0 Å². The van der Waals surface area contributed by atoms with Gasteiger partial charge in [-0.05, 0) is 197 Å². The first-order chi connectivity index (χ1) is 39.0. The lowest BCUT2D eigenvalue weighted by Gasteiger charge is -2.26. The number of hydrogen-bond donors (Lipinski definition) is 0. The molecule has 0 saturated carbocycles. The first-order valence-electron chi connectivity index (χ1n) is 31.9. The van der Waals surface area contributed by atoms with Gasteiger partial charge in [-0.3, -0.25) is 4.79 Å². The zero-order chi connectivity index (χ0) is 64.3. The molecule has 0 bridgehead atoms. The third kappa shape index (κ3) is 127. The van der Waals surface area contributed by atoms with Crippen molar-refractivity contribution >= 4 is 52.2 Å². The molecule has 0 aliphatic carbocycles. The van der Waals surface area contributed by atoms with E-state index >= 15 is 0 Å². The molecular formula is C72H131NO9. The van der Waals surface area contributed by atoms with E-state index in [0.717, 1.165) is 174 Å². The van der Waals surface area contributed by atoms with Crippen molar-refractivity contribution in [1.29, 1.82) is 0 Å². The third-order valence-corrected chi connectivity index (χ3v) is 11.8. The molecule has 0 aromatic rings. The van der Waals surface area contributed by atoms with Gasteiger partial charge < -0.3 is 43.3 Å². The number of ketones is 8. The van der Waals surface area contributed by atoms with Crippen molar-refractivity contribution in [2.24, 2.45) is 0 Å². The molecule has 0 aromatic heterocycles. The van der Waals surface area contributed by atoms with Crippen LogP contribution >= 0.6 is 0 Å². The lowest BCUT2D eigenvalue weighted by molar-refractivity contribution is -0.132. The average Bonchev–Trinajstić information content (AvgIpc) is 3.41. The Morgan fingerprint density at radius 3 is 0.683 bits per heavy atom. The number of piperidine rings is 1. The SMILES string of the molecule is C=CCCC(C)=O.C=CCCCCC(=O)N1CCCCC1.C=CCCCCC(C)=O.C=CCCCCC(C)=O.C=CCCCCCCC(C)=O.C=CCCCCCCCCCC(C)=O.CCCC(C)=O.CCCC(C)=O.CCCC(C)=O. The Morgan fingerprint density at radius 1 is 0.268 bits per heavy atom. The number of nitrogens with zero attached hydrogens (tertiary/aromatic N) is 1. The van der Waals surface area contributed by atoms with Crippen LogP contribution in [-0.2, 0) is 43.2 Å². The zero-order valence-electron chi connectivity index (χ0n) is 55.6. The number of amides is 1. The first kappa shape index (κ1) is 93.7. The third-order valence-electron chi connectivity index (χ3n) is 11.8. The van der Waals surface area contributed by atoms with E-state index in [1.807, 2.05) is 56.1 Å². The van der Waals surface area contributed by atoms with Crippen LogP contribution in [0.4, 0.5) is 0 Å². The summed E-state index contributed by atoms with van der Waals surface area (Å²) in [6, 6.07) is 0. The minimum Gasteiger partial charge on any atom is -0.343 e. The molecule has 82 heavy (non-hydrogen) atoms. The van der Waals surface area contributed by atoms with Crippen LogP contribution in [-0.4, -0.2) is 70.2 Å². The lowest BCUT2D eigenvalue weighted by Crippen LogP contribution is -2.35. The van der Waals surface area contributed by atoms with Crippen molar-refractivity contribution in [3.8, 4) is 0 Å². The molecule has 0 spiro atoms. The molecule has 0 N–H and O–H groups in total. The fourth-order valence-electron chi connectivity index (χ4n) is 7.12. The summed E-state index contributed by atoms with van der Waals surface area (Å²) in [7, 11) is 0. The summed E-state index contributed by atoms with van der Waals surface area (Å²) in [5.74, 6) is 2.68. The summed E-state index contributed by atoms with van der Waals surface area (Å²) in [6.45, 7) is 42.7. The molecule has 10 heteroatoms. The van der Waals surface area contributed by atoms with Gasteiger partial charge in [0.15, 0.2) is 0 Å². The molecule has 1 saturated heterocycles. The maximum absolute atomic E-state index is 11.7. The summed E-state index contributed by atoms with van der Waals surface area (Å²) in [4.78, 5) is 95.9. The summed E-state index contributed by atoms with van der Waals surface area (Å²) in [5, 5.41) is 0. The highest BCUT2D eigenvalue weighted by Crippen LogP contribution is 2.13. The van der Waals surface area contributed by atoms with Crippen LogP contribution < -0.4 is 0 Å². The molecule has 10 nitrogen and oxygen atoms in total. The average molecular weight is 1150 g/mol. The number of carbonyl (C=O) groups is 9. The smallest absolute Gasteiger partial charge is 0.222 e. The van der Waals surface area contributed by atoms with Crippen LogP contribution in [0.3, 0.4) is 0 Å². The normalized spacial score (nSPS) is 10.4. The predicted molar refractivity (Wildman–Crippen MR) is 356 cm³/mol. The second-order valence-corrected chi connectivity index (χ2v) is 21.3. The quantitative estimate of drug-likeness (QED) is 0.0429. The Kier molecular flexibility index (Phi) is 97.2. The zero-order valence-corrected chi connectivity index (χ0v) is 55.6. The number of Topliss-reactive ketones (excluding diaryl/α,β-unsaturated/α-hetero) is 8. The fourth-order valence-corrected chi connectivity index (χ4v) is 7.12. The van der Waals surface area contributed by atoms with Crippen molar-refractivity contribution < 1.29 is 43.2 Å². The van der Waals surface area contributed by atoms with Gasteiger partial charge in [-0.25, -0.2) is 0 Å². The van der Waals surface area contributed by atoms with Crippen molar-refractivity contribution in [1.82, 2.24) is 4.90 Å². The van der Waals surface area contributed by atoms with Crippen LogP contribution in [0.2, 0.25) is 0 Å². The molecule has 1 aliphatic heterocycles. The molecule has 1 amide bonds. The molecule has 0 atom stereocenters. The van der Waals surface area contributed by atoms with Crippen LogP contribution in [0.25, 0.3) is 0 Å². The van der Waals surface area contributed by atoms with E-state index in [4.69, 9.17) is 0 Å². The number of carbonyl (C=O) groups excluding carboxylic acids is 9. The van der Waals surface area contributed by atoms with Crippen molar-refractivity contribution in [3.63, 3.8) is 0 Å². The molecule has 1 fully saturated rings. The van der Waals surface area contributed by atoms with Gasteiger partial charge in [0.05, 0.1) is 0 Å². The van der Waals surface area contributed by atoms with Gasteiger partial charge in [-0.15, -0.1) is 39.5 Å². The van der Waals surface area contributed by atoms with Gasteiger partial charge in [-0.1, -0.05) is 102 Å². The van der Waals surface area contributed by atoms with Crippen LogP contribution in [0.15, 0.2) is 75.9 Å². The lowest BCUT2D eigenvalue weighted by atomic mass is 10.1. The summed E-state index contributed by atoms with van der Waals surface area (Å²) < 4.78 is 0. The monoisotopic (exact) mass is 1150 g/mol. The van der Waals surface area contributed by atoms with Gasteiger partial charge in [0.2, 0.25) is 5.91 Å². The number of allylic oxidation sites excluding steroid dienone is 6. The second kappa shape index (κ2) is 85.1. The van der Waals surface area contributed by atoms with E-state index in [9.17, 15) is 43.2 Å². The minimum atomic E-state index is 0.236. The predicted octanol–water partition coefficient (Wildman–Crippen LogP) is 20.4. The highest BCUT2D eigenvalue weighted by atomic mass is 16.2. The van der Waals surface area contributed by atoms with E-state index in [1.165, 1.54) is 77.0 Å². The Bertz CT molecular complexity index is 1500. The Morgan fingerprint density at radius 2 is 0.476 bits per heavy atom. The highest BCUT2D eigenvalue weighted by Gasteiger charge is 2.15. The number of unbranched alkanes of at least 4 members (excludes halogenated alkanes) is 17. The Balaban J connectivity index is -0.000000128. The van der Waals surface area contributed by atoms with Crippen molar-refractivity contribution in [2.45, 2.75) is 320 Å². The van der Waals surface area contributed by atoms with Gasteiger partial charge >= 0.3 is 0 Å². The van der Waals surface area contributed by atoms with Gasteiger partial charge in [0.25, 0.3) is 0 Å². The molecular weight excluding hydrogens is 1020 g/mol. The fraction of sp³-hybridized carbons (Fsp3) is 0.708. The standard InChI is InChI=1S/C13H24O.C12H21NO.C10H18O.2C8H14O.C6H10O.3C5H10O/c1-3-4-5-6-7-8-9-10-11-12-13(2)14;1-2-3-4-6-9-12(14)13-10-7-5-8-11-13;1-3-4-5-6-7-8-9-10(2)11;2*1-3-4-5-6-7-8(2)9;1-3-4-5-6(2)7;3*1-3-4-5(2)6/h3H,1,4-12H2,2H3;2H,1,3-11H2;3H,1,4-9H2,2H3;2*3H,1,4-7H2,2H3;3H,1,4-5H2,2H3;3*3-4H2,1-2H3. The largest absolute Gasteiger partial charge is 0.343 e. The Hall–Kier alpha value is -4.73. The molecule has 1 heterocycles.